The molecule has 2 unspecified atom stereocenters. The first-order valence-corrected chi connectivity index (χ1v) is 6.97. The lowest BCUT2D eigenvalue weighted by atomic mass is 9.95. The molecule has 2 N–H and O–H groups in total. The van der Waals surface area contributed by atoms with E-state index < -0.39 is 0 Å². The number of nitrogens with zero attached hydrogens (tertiary/aromatic N) is 2. The highest BCUT2D eigenvalue weighted by atomic mass is 16.5. The van der Waals surface area contributed by atoms with Gasteiger partial charge in [0.1, 0.15) is 5.76 Å². The Labute approximate surface area is 114 Å². The summed E-state index contributed by atoms with van der Waals surface area (Å²) in [5, 5.41) is 3.90. The zero-order chi connectivity index (χ0) is 14.0. The van der Waals surface area contributed by atoms with Gasteiger partial charge in [-0.25, -0.2) is 0 Å². The molecule has 0 spiro atoms. The number of carbonyl (C=O) groups is 1. The van der Waals surface area contributed by atoms with Crippen molar-refractivity contribution in [2.45, 2.75) is 58.5 Å². The maximum Gasteiger partial charge on any atom is 0.227 e. The Hall–Kier alpha value is -1.36. The third-order valence-corrected chi connectivity index (χ3v) is 4.10. The van der Waals surface area contributed by atoms with Gasteiger partial charge in [0.05, 0.1) is 12.1 Å². The van der Waals surface area contributed by atoms with Crippen LogP contribution in [0.5, 0.6) is 0 Å². The molecule has 5 heteroatoms. The summed E-state index contributed by atoms with van der Waals surface area (Å²) in [5.74, 6) is 0.872. The van der Waals surface area contributed by atoms with Gasteiger partial charge in [0, 0.05) is 24.2 Å². The van der Waals surface area contributed by atoms with E-state index in [0.717, 1.165) is 36.3 Å². The van der Waals surface area contributed by atoms with Crippen molar-refractivity contribution in [2.24, 2.45) is 5.73 Å². The lowest BCUT2D eigenvalue weighted by Gasteiger charge is -2.40. The number of piperidine rings is 1. The van der Waals surface area contributed by atoms with Crippen LogP contribution < -0.4 is 5.73 Å². The van der Waals surface area contributed by atoms with Gasteiger partial charge in [-0.1, -0.05) is 5.16 Å². The second kappa shape index (κ2) is 5.74. The fourth-order valence-corrected chi connectivity index (χ4v) is 2.96. The number of rotatable bonds is 3. The molecule has 2 atom stereocenters. The van der Waals surface area contributed by atoms with E-state index in [1.807, 2.05) is 18.7 Å². The molecule has 1 aliphatic heterocycles. The standard InChI is InChI=1S/C14H23N3O2/c1-9-5-4-6-12(8-15)17(9)14(18)7-13-10(2)16-19-11(13)3/h9,12H,4-8,15H2,1-3H3. The van der Waals surface area contributed by atoms with Crippen molar-refractivity contribution in [3.8, 4) is 0 Å². The summed E-state index contributed by atoms with van der Waals surface area (Å²) in [7, 11) is 0. The summed E-state index contributed by atoms with van der Waals surface area (Å²) in [4.78, 5) is 14.5. The number of hydrogen-bond acceptors (Lipinski definition) is 4. The topological polar surface area (TPSA) is 72.4 Å². The zero-order valence-electron chi connectivity index (χ0n) is 12.0. The summed E-state index contributed by atoms with van der Waals surface area (Å²) in [6.45, 7) is 6.37. The first-order chi connectivity index (χ1) is 9.04. The molecular weight excluding hydrogens is 242 g/mol. The minimum Gasteiger partial charge on any atom is -0.361 e. The van der Waals surface area contributed by atoms with E-state index >= 15 is 0 Å². The Balaban J connectivity index is 2.13. The van der Waals surface area contributed by atoms with Crippen LogP contribution in [-0.2, 0) is 11.2 Å². The van der Waals surface area contributed by atoms with Crippen LogP contribution >= 0.6 is 0 Å². The van der Waals surface area contributed by atoms with E-state index in [1.54, 1.807) is 0 Å². The molecule has 0 radical (unpaired) electrons. The maximum absolute atomic E-state index is 12.6. The number of hydrogen-bond donors (Lipinski definition) is 1. The predicted octanol–water partition coefficient (Wildman–Crippen LogP) is 1.56. The van der Waals surface area contributed by atoms with Gasteiger partial charge in [-0.05, 0) is 40.0 Å². The molecule has 1 aliphatic rings. The Morgan fingerprint density at radius 1 is 1.47 bits per heavy atom. The molecule has 0 aromatic carbocycles. The SMILES string of the molecule is Cc1noc(C)c1CC(=O)N1C(C)CCCC1CN. The summed E-state index contributed by atoms with van der Waals surface area (Å²) < 4.78 is 5.12. The number of amides is 1. The van der Waals surface area contributed by atoms with Crippen LogP contribution in [0.1, 0.15) is 43.2 Å². The molecule has 0 bridgehead atoms. The van der Waals surface area contributed by atoms with Gasteiger partial charge >= 0.3 is 0 Å². The average Bonchev–Trinajstić information content (AvgIpc) is 2.70. The molecule has 106 valence electrons. The summed E-state index contributed by atoms with van der Waals surface area (Å²) in [5.41, 5.74) is 7.52. The molecule has 19 heavy (non-hydrogen) atoms. The van der Waals surface area contributed by atoms with E-state index in [9.17, 15) is 4.79 Å². The molecule has 2 heterocycles. The predicted molar refractivity (Wildman–Crippen MR) is 72.7 cm³/mol. The van der Waals surface area contributed by atoms with E-state index in [0.29, 0.717) is 13.0 Å². The fraction of sp³-hybridized carbons (Fsp3) is 0.714. The number of carbonyl (C=O) groups excluding carboxylic acids is 1. The summed E-state index contributed by atoms with van der Waals surface area (Å²) >= 11 is 0. The number of nitrogens with two attached hydrogens (primary N) is 1. The van der Waals surface area contributed by atoms with Crippen molar-refractivity contribution in [3.63, 3.8) is 0 Å². The molecule has 1 fully saturated rings. The first-order valence-electron chi connectivity index (χ1n) is 6.97. The quantitative estimate of drug-likeness (QED) is 0.900. The van der Waals surface area contributed by atoms with E-state index in [4.69, 9.17) is 10.3 Å². The normalized spacial score (nSPS) is 23.7. The summed E-state index contributed by atoms with van der Waals surface area (Å²) in [6, 6.07) is 0.451. The average molecular weight is 265 g/mol. The van der Waals surface area contributed by atoms with Crippen LogP contribution in [0.4, 0.5) is 0 Å². The molecule has 1 aromatic rings. The third-order valence-electron chi connectivity index (χ3n) is 4.10. The van der Waals surface area contributed by atoms with E-state index in [-0.39, 0.29) is 18.0 Å². The highest BCUT2D eigenvalue weighted by Crippen LogP contribution is 2.24. The van der Waals surface area contributed by atoms with Crippen molar-refractivity contribution in [1.29, 1.82) is 0 Å². The lowest BCUT2D eigenvalue weighted by Crippen LogP contribution is -2.52. The van der Waals surface area contributed by atoms with Crippen LogP contribution in [0.3, 0.4) is 0 Å². The number of aromatic nitrogens is 1. The van der Waals surface area contributed by atoms with Gasteiger partial charge in [0.25, 0.3) is 0 Å². The van der Waals surface area contributed by atoms with Crippen LogP contribution in [-0.4, -0.2) is 34.6 Å². The second-order valence-electron chi connectivity index (χ2n) is 5.45. The maximum atomic E-state index is 12.6. The van der Waals surface area contributed by atoms with Crippen molar-refractivity contribution in [2.75, 3.05) is 6.54 Å². The van der Waals surface area contributed by atoms with Crippen LogP contribution in [0.25, 0.3) is 0 Å². The monoisotopic (exact) mass is 265 g/mol. The molecule has 2 rings (SSSR count). The molecule has 5 nitrogen and oxygen atoms in total. The van der Waals surface area contributed by atoms with E-state index in [1.165, 1.54) is 0 Å². The first kappa shape index (κ1) is 14.1. The van der Waals surface area contributed by atoms with Crippen LogP contribution in [0, 0.1) is 13.8 Å². The molecule has 1 aromatic heterocycles. The molecule has 0 aliphatic carbocycles. The summed E-state index contributed by atoms with van der Waals surface area (Å²) in [6.07, 6.45) is 3.58. The van der Waals surface area contributed by atoms with Crippen molar-refractivity contribution >= 4 is 5.91 Å². The largest absolute Gasteiger partial charge is 0.361 e. The van der Waals surface area contributed by atoms with Crippen LogP contribution in [0.15, 0.2) is 4.52 Å². The molecule has 0 saturated carbocycles. The van der Waals surface area contributed by atoms with Crippen molar-refractivity contribution in [3.05, 3.63) is 17.0 Å². The lowest BCUT2D eigenvalue weighted by molar-refractivity contribution is -0.136. The van der Waals surface area contributed by atoms with Gasteiger partial charge in [0.2, 0.25) is 5.91 Å². The fourth-order valence-electron chi connectivity index (χ4n) is 2.96. The minimum absolute atomic E-state index is 0.136. The Bertz CT molecular complexity index is 436. The Morgan fingerprint density at radius 3 is 2.79 bits per heavy atom. The third kappa shape index (κ3) is 2.81. The van der Waals surface area contributed by atoms with Crippen LogP contribution in [0.2, 0.25) is 0 Å². The number of aryl methyl sites for hydroxylation is 2. The van der Waals surface area contributed by atoms with Gasteiger partial charge in [-0.15, -0.1) is 0 Å². The Morgan fingerprint density at radius 2 is 2.21 bits per heavy atom. The minimum atomic E-state index is 0.136. The highest BCUT2D eigenvalue weighted by Gasteiger charge is 2.31. The highest BCUT2D eigenvalue weighted by molar-refractivity contribution is 5.80. The van der Waals surface area contributed by atoms with Gasteiger partial charge in [-0.2, -0.15) is 0 Å². The van der Waals surface area contributed by atoms with Crippen molar-refractivity contribution in [1.82, 2.24) is 10.1 Å². The molecule has 1 amide bonds. The molecule has 1 saturated heterocycles. The smallest absolute Gasteiger partial charge is 0.227 e. The molecular formula is C14H23N3O2. The zero-order valence-corrected chi connectivity index (χ0v) is 12.0. The Kier molecular flexibility index (Phi) is 4.24. The van der Waals surface area contributed by atoms with Crippen molar-refractivity contribution < 1.29 is 9.32 Å². The number of likely N-dealkylation sites (tertiary alicyclic amines) is 1. The van der Waals surface area contributed by atoms with Gasteiger partial charge in [-0.3, -0.25) is 4.79 Å². The van der Waals surface area contributed by atoms with Gasteiger partial charge < -0.3 is 15.2 Å². The van der Waals surface area contributed by atoms with Gasteiger partial charge in [0.15, 0.2) is 0 Å². The second-order valence-corrected chi connectivity index (χ2v) is 5.45. The van der Waals surface area contributed by atoms with E-state index in [2.05, 4.69) is 12.1 Å².